The van der Waals surface area contributed by atoms with Crippen LogP contribution in [0.3, 0.4) is 0 Å². The van der Waals surface area contributed by atoms with Gasteiger partial charge in [-0.1, -0.05) is 0 Å². The highest BCUT2D eigenvalue weighted by Gasteiger charge is 2.31. The number of nitrogens with one attached hydrogen (secondary N) is 1. The Balaban J connectivity index is 1.93. The van der Waals surface area contributed by atoms with Crippen LogP contribution < -0.4 is 5.32 Å². The molecule has 2 saturated heterocycles. The van der Waals surface area contributed by atoms with Crippen molar-refractivity contribution < 1.29 is 8.42 Å². The van der Waals surface area contributed by atoms with Gasteiger partial charge in [-0.2, -0.15) is 0 Å². The van der Waals surface area contributed by atoms with E-state index in [0.717, 1.165) is 25.9 Å². The molecule has 2 unspecified atom stereocenters. The van der Waals surface area contributed by atoms with Gasteiger partial charge in [-0.05, 0) is 26.7 Å². The van der Waals surface area contributed by atoms with Gasteiger partial charge in [0.2, 0.25) is 0 Å². The normalized spacial score (nSPS) is 37.4. The molecule has 0 amide bonds. The average molecular weight is 246 g/mol. The molecule has 2 aliphatic heterocycles. The maximum Gasteiger partial charge on any atom is 0.150 e. The maximum atomic E-state index is 11.4. The minimum atomic E-state index is -2.72. The zero-order valence-electron chi connectivity index (χ0n) is 10.1. The first-order chi connectivity index (χ1) is 7.46. The monoisotopic (exact) mass is 246 g/mol. The second-order valence-electron chi connectivity index (χ2n) is 5.31. The van der Waals surface area contributed by atoms with Crippen LogP contribution in [0, 0.1) is 0 Å². The summed E-state index contributed by atoms with van der Waals surface area (Å²) in [6.45, 7) is 6.49. The maximum absolute atomic E-state index is 11.4. The van der Waals surface area contributed by atoms with E-state index < -0.39 is 9.84 Å². The smallest absolute Gasteiger partial charge is 0.150 e. The second-order valence-corrected chi connectivity index (χ2v) is 7.61. The SMILES string of the molecule is CC1CN(C2CCS(=O)(=O)CC2)CC(C)N1. The Morgan fingerprint density at radius 1 is 1.06 bits per heavy atom. The molecular weight excluding hydrogens is 224 g/mol. The third-order valence-corrected chi connectivity index (χ3v) is 5.34. The van der Waals surface area contributed by atoms with Gasteiger partial charge in [-0.3, -0.25) is 4.90 Å². The fourth-order valence-corrected chi connectivity index (χ4v) is 4.38. The second kappa shape index (κ2) is 4.63. The average Bonchev–Trinajstić information content (AvgIpc) is 2.15. The van der Waals surface area contributed by atoms with Crippen LogP contribution in [0.1, 0.15) is 26.7 Å². The van der Waals surface area contributed by atoms with Crippen molar-refractivity contribution in [3.05, 3.63) is 0 Å². The summed E-state index contributed by atoms with van der Waals surface area (Å²) >= 11 is 0. The first kappa shape index (κ1) is 12.3. The molecule has 2 aliphatic rings. The van der Waals surface area contributed by atoms with Gasteiger partial charge >= 0.3 is 0 Å². The lowest BCUT2D eigenvalue weighted by Crippen LogP contribution is -2.58. The zero-order chi connectivity index (χ0) is 11.8. The number of nitrogens with zero attached hydrogens (tertiary/aromatic N) is 1. The van der Waals surface area contributed by atoms with E-state index >= 15 is 0 Å². The van der Waals surface area contributed by atoms with Gasteiger partial charge in [-0.15, -0.1) is 0 Å². The summed E-state index contributed by atoms with van der Waals surface area (Å²) in [5.41, 5.74) is 0. The molecule has 5 heteroatoms. The van der Waals surface area contributed by atoms with Crippen LogP contribution in [0.15, 0.2) is 0 Å². The number of hydrogen-bond acceptors (Lipinski definition) is 4. The summed E-state index contributed by atoms with van der Waals surface area (Å²) in [6, 6.07) is 1.51. The van der Waals surface area contributed by atoms with Crippen molar-refractivity contribution in [3.63, 3.8) is 0 Å². The van der Waals surface area contributed by atoms with Crippen molar-refractivity contribution in [1.82, 2.24) is 10.2 Å². The molecule has 0 aromatic rings. The van der Waals surface area contributed by atoms with E-state index in [4.69, 9.17) is 0 Å². The minimum Gasteiger partial charge on any atom is -0.309 e. The van der Waals surface area contributed by atoms with E-state index in [9.17, 15) is 8.42 Å². The summed E-state index contributed by atoms with van der Waals surface area (Å²) in [7, 11) is -2.72. The fraction of sp³-hybridized carbons (Fsp3) is 1.00. The van der Waals surface area contributed by atoms with Crippen LogP contribution >= 0.6 is 0 Å². The third-order valence-electron chi connectivity index (χ3n) is 3.63. The van der Waals surface area contributed by atoms with Gasteiger partial charge in [0.25, 0.3) is 0 Å². The predicted molar refractivity (Wildman–Crippen MR) is 65.3 cm³/mol. The van der Waals surface area contributed by atoms with Crippen LogP contribution in [0.25, 0.3) is 0 Å². The van der Waals surface area contributed by atoms with Crippen molar-refractivity contribution in [3.8, 4) is 0 Å². The summed E-state index contributed by atoms with van der Waals surface area (Å²) < 4.78 is 22.8. The van der Waals surface area contributed by atoms with E-state index in [-0.39, 0.29) is 0 Å². The number of rotatable bonds is 1. The molecule has 2 rings (SSSR count). The molecular formula is C11H22N2O2S. The minimum absolute atomic E-state index is 0.379. The molecule has 2 fully saturated rings. The van der Waals surface area contributed by atoms with Crippen molar-refractivity contribution >= 4 is 9.84 Å². The van der Waals surface area contributed by atoms with Gasteiger partial charge in [0, 0.05) is 31.2 Å². The van der Waals surface area contributed by atoms with Crippen molar-refractivity contribution in [2.45, 2.75) is 44.8 Å². The van der Waals surface area contributed by atoms with Crippen LogP contribution in [0.5, 0.6) is 0 Å². The lowest BCUT2D eigenvalue weighted by Gasteiger charge is -2.42. The molecule has 0 bridgehead atoms. The van der Waals surface area contributed by atoms with E-state index in [0.29, 0.717) is 29.6 Å². The Morgan fingerprint density at radius 2 is 1.56 bits per heavy atom. The molecule has 2 atom stereocenters. The van der Waals surface area contributed by atoms with Crippen LogP contribution in [0.4, 0.5) is 0 Å². The zero-order valence-corrected chi connectivity index (χ0v) is 11.0. The lowest BCUT2D eigenvalue weighted by molar-refractivity contribution is 0.116. The fourth-order valence-electron chi connectivity index (χ4n) is 2.91. The van der Waals surface area contributed by atoms with Crippen LogP contribution in [0.2, 0.25) is 0 Å². The Morgan fingerprint density at radius 3 is 2.06 bits per heavy atom. The number of piperazine rings is 1. The Bertz CT molecular complexity index is 318. The summed E-state index contributed by atoms with van der Waals surface area (Å²) in [5, 5.41) is 3.50. The number of sulfone groups is 1. The van der Waals surface area contributed by atoms with E-state index in [2.05, 4.69) is 24.1 Å². The van der Waals surface area contributed by atoms with Gasteiger partial charge < -0.3 is 5.32 Å². The summed E-state index contributed by atoms with van der Waals surface area (Å²) in [6.07, 6.45) is 1.64. The molecule has 1 N–H and O–H groups in total. The van der Waals surface area contributed by atoms with Gasteiger partial charge in [0.05, 0.1) is 11.5 Å². The molecule has 4 nitrogen and oxygen atoms in total. The van der Waals surface area contributed by atoms with Crippen LogP contribution in [-0.4, -0.2) is 56.0 Å². The van der Waals surface area contributed by atoms with Gasteiger partial charge in [-0.25, -0.2) is 8.42 Å². The van der Waals surface area contributed by atoms with Crippen molar-refractivity contribution in [2.24, 2.45) is 0 Å². The quantitative estimate of drug-likeness (QED) is 0.720. The molecule has 0 radical (unpaired) electrons. The highest BCUT2D eigenvalue weighted by atomic mass is 32.2. The molecule has 94 valence electrons. The van der Waals surface area contributed by atoms with Crippen molar-refractivity contribution in [2.75, 3.05) is 24.6 Å². The van der Waals surface area contributed by atoms with E-state index in [1.807, 2.05) is 0 Å². The van der Waals surface area contributed by atoms with Gasteiger partial charge in [0.15, 0.2) is 0 Å². The molecule has 0 spiro atoms. The largest absolute Gasteiger partial charge is 0.309 e. The lowest BCUT2D eigenvalue weighted by atomic mass is 10.0. The van der Waals surface area contributed by atoms with Crippen LogP contribution in [-0.2, 0) is 9.84 Å². The predicted octanol–water partition coefficient (Wildman–Crippen LogP) is 0.246. The van der Waals surface area contributed by atoms with Gasteiger partial charge in [0.1, 0.15) is 9.84 Å². The Hall–Kier alpha value is -0.130. The summed E-state index contributed by atoms with van der Waals surface area (Å²) in [4.78, 5) is 2.47. The highest BCUT2D eigenvalue weighted by Crippen LogP contribution is 2.20. The van der Waals surface area contributed by atoms with E-state index in [1.165, 1.54) is 0 Å². The Kier molecular flexibility index (Phi) is 3.56. The highest BCUT2D eigenvalue weighted by molar-refractivity contribution is 7.91. The topological polar surface area (TPSA) is 49.4 Å². The summed E-state index contributed by atoms with van der Waals surface area (Å²) in [5.74, 6) is 0.759. The first-order valence-electron chi connectivity index (χ1n) is 6.17. The molecule has 0 aliphatic carbocycles. The molecule has 0 aromatic carbocycles. The standard InChI is InChI=1S/C11H22N2O2S/c1-9-7-13(8-10(2)12-9)11-3-5-16(14,15)6-4-11/h9-12H,3-8H2,1-2H3. The van der Waals surface area contributed by atoms with E-state index in [1.54, 1.807) is 0 Å². The Labute approximate surface area is 98.3 Å². The van der Waals surface area contributed by atoms with Crippen molar-refractivity contribution in [1.29, 1.82) is 0 Å². The molecule has 0 aromatic heterocycles. The molecule has 0 saturated carbocycles. The third kappa shape index (κ3) is 2.96. The molecule has 2 heterocycles. The molecule has 16 heavy (non-hydrogen) atoms. The first-order valence-corrected chi connectivity index (χ1v) is 7.99. The number of hydrogen-bond donors (Lipinski definition) is 1.